The van der Waals surface area contributed by atoms with E-state index in [9.17, 15) is 4.79 Å². The van der Waals surface area contributed by atoms with Gasteiger partial charge in [-0.25, -0.2) is 4.79 Å². The number of nitrogens with one attached hydrogen (secondary N) is 1. The Morgan fingerprint density at radius 2 is 2.00 bits per heavy atom. The Bertz CT molecular complexity index is 669. The van der Waals surface area contributed by atoms with Gasteiger partial charge in [-0.3, -0.25) is 0 Å². The number of carbonyl (C=O) groups is 1. The summed E-state index contributed by atoms with van der Waals surface area (Å²) in [7, 11) is 0. The first kappa shape index (κ1) is 14.9. The number of amides is 2. The van der Waals surface area contributed by atoms with E-state index in [1.165, 1.54) is 11.1 Å². The lowest BCUT2D eigenvalue weighted by molar-refractivity contribution is 0.207. The summed E-state index contributed by atoms with van der Waals surface area (Å²) in [5, 5.41) is 3.56. The zero-order chi connectivity index (χ0) is 15.5. The highest BCUT2D eigenvalue weighted by molar-refractivity contribution is 6.30. The van der Waals surface area contributed by atoms with Crippen LogP contribution in [-0.4, -0.2) is 17.5 Å². The predicted octanol–water partition coefficient (Wildman–Crippen LogP) is 5.02. The van der Waals surface area contributed by atoms with E-state index < -0.39 is 0 Å². The van der Waals surface area contributed by atoms with Crippen LogP contribution in [-0.2, 0) is 0 Å². The minimum absolute atomic E-state index is 0.0645. The number of hydrogen-bond acceptors (Lipinski definition) is 1. The van der Waals surface area contributed by atoms with Gasteiger partial charge in [-0.2, -0.15) is 0 Å². The molecular formula is C18H19ClN2O. The molecule has 2 aromatic rings. The Labute approximate surface area is 135 Å². The van der Waals surface area contributed by atoms with Crippen LogP contribution in [0.15, 0.2) is 48.5 Å². The summed E-state index contributed by atoms with van der Waals surface area (Å²) < 4.78 is 0. The summed E-state index contributed by atoms with van der Waals surface area (Å²) in [6.07, 6.45) is 2.04. The Morgan fingerprint density at radius 3 is 2.73 bits per heavy atom. The summed E-state index contributed by atoms with van der Waals surface area (Å²) in [4.78, 5) is 14.5. The number of anilines is 1. The summed E-state index contributed by atoms with van der Waals surface area (Å²) >= 11 is 5.96. The van der Waals surface area contributed by atoms with Crippen LogP contribution < -0.4 is 5.32 Å². The van der Waals surface area contributed by atoms with Crippen molar-refractivity contribution in [2.45, 2.75) is 25.8 Å². The number of rotatable bonds is 2. The van der Waals surface area contributed by atoms with E-state index >= 15 is 0 Å². The van der Waals surface area contributed by atoms with Crippen molar-refractivity contribution in [1.82, 2.24) is 4.90 Å². The highest BCUT2D eigenvalue weighted by Gasteiger charge is 2.29. The smallest absolute Gasteiger partial charge is 0.317 e. The third kappa shape index (κ3) is 3.25. The van der Waals surface area contributed by atoms with Crippen molar-refractivity contribution in [3.05, 3.63) is 64.7 Å². The van der Waals surface area contributed by atoms with Crippen molar-refractivity contribution >= 4 is 23.3 Å². The zero-order valence-electron chi connectivity index (χ0n) is 12.6. The van der Waals surface area contributed by atoms with Crippen molar-refractivity contribution in [3.63, 3.8) is 0 Å². The Hall–Kier alpha value is -2.00. The number of hydrogen-bond donors (Lipinski definition) is 1. The number of carbonyl (C=O) groups excluding carboxylic acids is 1. The number of aryl methyl sites for hydroxylation is 1. The topological polar surface area (TPSA) is 32.3 Å². The Kier molecular flexibility index (Phi) is 4.34. The van der Waals surface area contributed by atoms with E-state index in [4.69, 9.17) is 11.6 Å². The van der Waals surface area contributed by atoms with Crippen LogP contribution in [0.2, 0.25) is 5.02 Å². The molecule has 1 aliphatic heterocycles. The standard InChI is InChI=1S/C18H19ClN2O/c1-13-7-9-14(10-8-13)17-6-3-11-21(17)18(22)20-16-5-2-4-15(19)12-16/h2,4-5,7-10,12,17H,3,6,11H2,1H3,(H,20,22)/t17-/m1/s1. The second-order valence-electron chi connectivity index (χ2n) is 5.70. The fraction of sp³-hybridized carbons (Fsp3) is 0.278. The third-order valence-corrected chi connectivity index (χ3v) is 4.29. The van der Waals surface area contributed by atoms with Gasteiger partial charge in [0.25, 0.3) is 0 Å². The molecule has 1 saturated heterocycles. The summed E-state index contributed by atoms with van der Waals surface area (Å²) in [5.74, 6) is 0. The minimum atomic E-state index is -0.0645. The van der Waals surface area contributed by atoms with E-state index in [2.05, 4.69) is 36.5 Å². The third-order valence-electron chi connectivity index (χ3n) is 4.05. The molecule has 0 aliphatic carbocycles. The molecule has 1 heterocycles. The van der Waals surface area contributed by atoms with Gasteiger partial charge in [-0.15, -0.1) is 0 Å². The molecule has 3 nitrogen and oxygen atoms in total. The van der Waals surface area contributed by atoms with Crippen LogP contribution in [0.1, 0.15) is 30.0 Å². The molecule has 2 amide bonds. The lowest BCUT2D eigenvalue weighted by Gasteiger charge is -2.25. The molecule has 0 bridgehead atoms. The van der Waals surface area contributed by atoms with E-state index in [1.807, 2.05) is 17.0 Å². The number of halogens is 1. The maximum atomic E-state index is 12.5. The molecule has 3 rings (SSSR count). The highest BCUT2D eigenvalue weighted by atomic mass is 35.5. The fourth-order valence-electron chi connectivity index (χ4n) is 2.91. The van der Waals surface area contributed by atoms with E-state index in [-0.39, 0.29) is 12.1 Å². The molecule has 1 N–H and O–H groups in total. The quantitative estimate of drug-likeness (QED) is 0.829. The van der Waals surface area contributed by atoms with Gasteiger partial charge < -0.3 is 10.2 Å². The van der Waals surface area contributed by atoms with Crippen LogP contribution >= 0.6 is 11.6 Å². The Morgan fingerprint density at radius 1 is 1.23 bits per heavy atom. The molecule has 114 valence electrons. The lowest BCUT2D eigenvalue weighted by Crippen LogP contribution is -2.34. The van der Waals surface area contributed by atoms with Gasteiger partial charge in [0.2, 0.25) is 0 Å². The van der Waals surface area contributed by atoms with Crippen LogP contribution in [0.4, 0.5) is 10.5 Å². The predicted molar refractivity (Wildman–Crippen MR) is 90.3 cm³/mol. The number of likely N-dealkylation sites (tertiary alicyclic amines) is 1. The summed E-state index contributed by atoms with van der Waals surface area (Å²) in [6.45, 7) is 2.85. The van der Waals surface area contributed by atoms with Crippen LogP contribution in [0.3, 0.4) is 0 Å². The molecule has 0 unspecified atom stereocenters. The second-order valence-corrected chi connectivity index (χ2v) is 6.14. The summed E-state index contributed by atoms with van der Waals surface area (Å²) in [6, 6.07) is 15.8. The van der Waals surface area contributed by atoms with Crippen LogP contribution in [0.25, 0.3) is 0 Å². The highest BCUT2D eigenvalue weighted by Crippen LogP contribution is 2.32. The average molecular weight is 315 g/mol. The van der Waals surface area contributed by atoms with Gasteiger partial charge >= 0.3 is 6.03 Å². The SMILES string of the molecule is Cc1ccc([C@H]2CCCN2C(=O)Nc2cccc(Cl)c2)cc1. The van der Waals surface area contributed by atoms with Crippen molar-refractivity contribution < 1.29 is 4.79 Å². The van der Waals surface area contributed by atoms with Gasteiger partial charge in [-0.05, 0) is 43.5 Å². The molecule has 22 heavy (non-hydrogen) atoms. The average Bonchev–Trinajstić information content (AvgIpc) is 2.97. The number of urea groups is 1. The molecule has 0 aromatic heterocycles. The molecule has 1 atom stereocenters. The van der Waals surface area contributed by atoms with E-state index in [1.54, 1.807) is 12.1 Å². The summed E-state index contributed by atoms with van der Waals surface area (Å²) in [5.41, 5.74) is 3.16. The van der Waals surface area contributed by atoms with Crippen molar-refractivity contribution in [3.8, 4) is 0 Å². The molecule has 1 aliphatic rings. The monoisotopic (exact) mass is 314 g/mol. The lowest BCUT2D eigenvalue weighted by atomic mass is 10.0. The molecule has 0 radical (unpaired) electrons. The molecule has 0 spiro atoms. The molecule has 2 aromatic carbocycles. The normalized spacial score (nSPS) is 17.5. The maximum absolute atomic E-state index is 12.5. The van der Waals surface area contributed by atoms with E-state index in [0.717, 1.165) is 25.1 Å². The van der Waals surface area contributed by atoms with Crippen molar-refractivity contribution in [2.75, 3.05) is 11.9 Å². The van der Waals surface area contributed by atoms with Gasteiger partial charge in [-0.1, -0.05) is 47.5 Å². The maximum Gasteiger partial charge on any atom is 0.322 e. The largest absolute Gasteiger partial charge is 0.322 e. The van der Waals surface area contributed by atoms with Gasteiger partial charge in [0.1, 0.15) is 0 Å². The van der Waals surface area contributed by atoms with E-state index in [0.29, 0.717) is 5.02 Å². The Balaban J connectivity index is 1.75. The minimum Gasteiger partial charge on any atom is -0.317 e. The van der Waals surface area contributed by atoms with Crippen LogP contribution in [0, 0.1) is 6.92 Å². The molecule has 4 heteroatoms. The zero-order valence-corrected chi connectivity index (χ0v) is 13.3. The first-order chi connectivity index (χ1) is 10.6. The molecular weight excluding hydrogens is 296 g/mol. The second kappa shape index (κ2) is 6.41. The van der Waals surface area contributed by atoms with Gasteiger partial charge in [0.05, 0.1) is 6.04 Å². The van der Waals surface area contributed by atoms with Gasteiger partial charge in [0, 0.05) is 17.3 Å². The first-order valence-electron chi connectivity index (χ1n) is 7.53. The fourth-order valence-corrected chi connectivity index (χ4v) is 3.10. The number of nitrogens with zero attached hydrogens (tertiary/aromatic N) is 1. The van der Waals surface area contributed by atoms with Crippen molar-refractivity contribution in [1.29, 1.82) is 0 Å². The molecule has 1 fully saturated rings. The van der Waals surface area contributed by atoms with Crippen molar-refractivity contribution in [2.24, 2.45) is 0 Å². The van der Waals surface area contributed by atoms with Gasteiger partial charge in [0.15, 0.2) is 0 Å². The number of benzene rings is 2. The first-order valence-corrected chi connectivity index (χ1v) is 7.91. The van der Waals surface area contributed by atoms with Crippen LogP contribution in [0.5, 0.6) is 0 Å². The molecule has 0 saturated carbocycles.